The first-order valence-corrected chi connectivity index (χ1v) is 9.73. The number of hydrogen-bond acceptors (Lipinski definition) is 7. The summed E-state index contributed by atoms with van der Waals surface area (Å²) in [5, 5.41) is 11.6. The predicted octanol–water partition coefficient (Wildman–Crippen LogP) is 3.37. The van der Waals surface area contributed by atoms with E-state index < -0.39 is 16.4 Å². The van der Waals surface area contributed by atoms with Gasteiger partial charge < -0.3 is 9.47 Å². The Morgan fingerprint density at radius 1 is 1.00 bits per heavy atom. The average Bonchev–Trinajstić information content (AvgIpc) is 2.85. The van der Waals surface area contributed by atoms with Gasteiger partial charge in [-0.1, -0.05) is 24.3 Å². The lowest BCUT2D eigenvalue weighted by Crippen LogP contribution is -2.35. The van der Waals surface area contributed by atoms with Crippen molar-refractivity contribution >= 4 is 22.5 Å². The molecule has 0 unspecified atom stereocenters. The first-order valence-electron chi connectivity index (χ1n) is 9.73. The number of amides is 1. The molecule has 0 aliphatic carbocycles. The Kier molecular flexibility index (Phi) is 5.73. The van der Waals surface area contributed by atoms with E-state index in [0.717, 1.165) is 4.68 Å². The summed E-state index contributed by atoms with van der Waals surface area (Å²) in [4.78, 5) is 41.5. The maximum Gasteiger partial charge on any atom is 0.282 e. The van der Waals surface area contributed by atoms with Crippen molar-refractivity contribution < 1.29 is 19.2 Å². The fraction of sp³-hybridized carbons (Fsp3) is 0.0870. The van der Waals surface area contributed by atoms with E-state index in [0.29, 0.717) is 22.6 Å². The fourth-order valence-corrected chi connectivity index (χ4v) is 3.39. The lowest BCUT2D eigenvalue weighted by atomic mass is 10.1. The number of methoxy groups -OCH3 is 2. The van der Waals surface area contributed by atoms with Crippen LogP contribution in [-0.2, 0) is 0 Å². The molecule has 0 atom stereocenters. The number of carbonyl (C=O) groups is 1. The first-order chi connectivity index (χ1) is 15.9. The SMILES string of the molecule is COc1ccc(-c2nc3ccccc3c(=O)n2NC(=O)c2ccccc2[N+](=O)[O-])cc1OC. The van der Waals surface area contributed by atoms with E-state index >= 15 is 0 Å². The monoisotopic (exact) mass is 446 g/mol. The minimum Gasteiger partial charge on any atom is -0.493 e. The van der Waals surface area contributed by atoms with Crippen LogP contribution in [0.4, 0.5) is 5.69 Å². The summed E-state index contributed by atoms with van der Waals surface area (Å²) < 4.78 is 11.6. The van der Waals surface area contributed by atoms with Crippen LogP contribution >= 0.6 is 0 Å². The topological polar surface area (TPSA) is 126 Å². The third-order valence-electron chi connectivity index (χ3n) is 4.98. The number of hydrogen-bond donors (Lipinski definition) is 1. The zero-order valence-corrected chi connectivity index (χ0v) is 17.6. The van der Waals surface area contributed by atoms with Crippen LogP contribution in [0, 0.1) is 10.1 Å². The number of nitro groups is 1. The molecule has 166 valence electrons. The first kappa shape index (κ1) is 21.5. The molecule has 0 saturated carbocycles. The van der Waals surface area contributed by atoms with Gasteiger partial charge in [0.25, 0.3) is 17.2 Å². The standard InChI is InChI=1S/C23H18N4O6/c1-32-19-12-11-14(13-20(19)33-2)21-24-17-9-5-3-7-15(17)23(29)26(21)25-22(28)16-8-4-6-10-18(16)27(30)31/h3-13H,1-2H3,(H,25,28). The highest BCUT2D eigenvalue weighted by Gasteiger charge is 2.22. The Hall–Kier alpha value is -4.73. The molecule has 0 spiro atoms. The number of nitrogens with zero attached hydrogens (tertiary/aromatic N) is 3. The molecule has 10 nitrogen and oxygen atoms in total. The predicted molar refractivity (Wildman–Crippen MR) is 121 cm³/mol. The molecule has 0 radical (unpaired) electrons. The van der Waals surface area contributed by atoms with Crippen molar-refractivity contribution in [3.63, 3.8) is 0 Å². The molecular weight excluding hydrogens is 428 g/mol. The third-order valence-corrected chi connectivity index (χ3v) is 4.98. The number of aromatic nitrogens is 2. The van der Waals surface area contributed by atoms with Crippen LogP contribution in [0.5, 0.6) is 11.5 Å². The van der Waals surface area contributed by atoms with Crippen molar-refractivity contribution in [2.24, 2.45) is 0 Å². The second kappa shape index (κ2) is 8.79. The number of carbonyl (C=O) groups excluding carboxylic acids is 1. The van der Waals surface area contributed by atoms with E-state index in [9.17, 15) is 19.7 Å². The Morgan fingerprint density at radius 2 is 1.70 bits per heavy atom. The van der Waals surface area contributed by atoms with Gasteiger partial charge in [0.1, 0.15) is 5.56 Å². The molecule has 4 rings (SSSR count). The molecule has 0 aliphatic rings. The van der Waals surface area contributed by atoms with Crippen molar-refractivity contribution in [1.29, 1.82) is 0 Å². The van der Waals surface area contributed by atoms with Gasteiger partial charge in [-0.2, -0.15) is 4.68 Å². The lowest BCUT2D eigenvalue weighted by molar-refractivity contribution is -0.385. The Bertz CT molecular complexity index is 1450. The molecule has 0 bridgehead atoms. The van der Waals surface area contributed by atoms with Gasteiger partial charge in [0.15, 0.2) is 17.3 Å². The number of benzene rings is 3. The van der Waals surface area contributed by atoms with E-state index in [1.807, 2.05) is 0 Å². The molecule has 0 aliphatic heterocycles. The zero-order chi connectivity index (χ0) is 23.5. The molecular formula is C23H18N4O6. The van der Waals surface area contributed by atoms with Gasteiger partial charge >= 0.3 is 0 Å². The van der Waals surface area contributed by atoms with Crippen molar-refractivity contribution in [3.8, 4) is 22.9 Å². The van der Waals surface area contributed by atoms with Crippen LogP contribution in [0.15, 0.2) is 71.5 Å². The van der Waals surface area contributed by atoms with E-state index in [4.69, 9.17) is 9.47 Å². The average molecular weight is 446 g/mol. The minimum atomic E-state index is -0.830. The van der Waals surface area contributed by atoms with Crippen molar-refractivity contribution in [3.05, 3.63) is 92.8 Å². The Balaban J connectivity index is 1.91. The summed E-state index contributed by atoms with van der Waals surface area (Å²) in [6.07, 6.45) is 0. The highest BCUT2D eigenvalue weighted by Crippen LogP contribution is 2.31. The van der Waals surface area contributed by atoms with Gasteiger partial charge in [0.2, 0.25) is 0 Å². The molecule has 3 aromatic carbocycles. The molecule has 4 aromatic rings. The molecule has 1 aromatic heterocycles. The normalized spacial score (nSPS) is 10.6. The number of rotatable bonds is 6. The summed E-state index contributed by atoms with van der Waals surface area (Å²) in [5.41, 5.74) is 2.23. The molecule has 33 heavy (non-hydrogen) atoms. The van der Waals surface area contributed by atoms with Crippen LogP contribution < -0.4 is 20.5 Å². The zero-order valence-electron chi connectivity index (χ0n) is 17.6. The van der Waals surface area contributed by atoms with Gasteiger partial charge in [0, 0.05) is 11.6 Å². The number of nitro benzene ring substituents is 1. The summed E-state index contributed by atoms with van der Waals surface area (Å²) in [5.74, 6) is 0.156. The van der Waals surface area contributed by atoms with E-state index in [-0.39, 0.29) is 22.5 Å². The number of ether oxygens (including phenoxy) is 2. The number of para-hydroxylation sites is 2. The van der Waals surface area contributed by atoms with E-state index in [1.165, 1.54) is 38.5 Å². The molecule has 10 heteroatoms. The Labute approximate surface area is 187 Å². The van der Waals surface area contributed by atoms with Crippen LogP contribution in [0.3, 0.4) is 0 Å². The van der Waals surface area contributed by atoms with Gasteiger partial charge in [-0.25, -0.2) is 4.98 Å². The smallest absolute Gasteiger partial charge is 0.282 e. The van der Waals surface area contributed by atoms with Crippen LogP contribution in [0.2, 0.25) is 0 Å². The van der Waals surface area contributed by atoms with Crippen molar-refractivity contribution in [1.82, 2.24) is 9.66 Å². The molecule has 0 saturated heterocycles. The minimum absolute atomic E-state index is 0.117. The van der Waals surface area contributed by atoms with Gasteiger partial charge in [0.05, 0.1) is 30.0 Å². The molecule has 1 N–H and O–H groups in total. The maximum absolute atomic E-state index is 13.3. The highest BCUT2D eigenvalue weighted by atomic mass is 16.6. The quantitative estimate of drug-likeness (QED) is 0.355. The van der Waals surface area contributed by atoms with E-state index in [1.54, 1.807) is 42.5 Å². The second-order valence-electron chi connectivity index (χ2n) is 6.88. The van der Waals surface area contributed by atoms with Crippen LogP contribution in [-0.4, -0.2) is 34.7 Å². The van der Waals surface area contributed by atoms with Gasteiger partial charge in [-0.3, -0.25) is 25.1 Å². The Morgan fingerprint density at radius 3 is 2.42 bits per heavy atom. The summed E-state index contributed by atoms with van der Waals surface area (Å²) >= 11 is 0. The van der Waals surface area contributed by atoms with Crippen molar-refractivity contribution in [2.45, 2.75) is 0 Å². The second-order valence-corrected chi connectivity index (χ2v) is 6.88. The maximum atomic E-state index is 13.3. The fourth-order valence-electron chi connectivity index (χ4n) is 3.39. The number of nitrogens with one attached hydrogen (secondary N) is 1. The largest absolute Gasteiger partial charge is 0.493 e. The summed E-state index contributed by atoms with van der Waals surface area (Å²) in [6, 6.07) is 17.1. The molecule has 1 amide bonds. The summed E-state index contributed by atoms with van der Waals surface area (Å²) in [6.45, 7) is 0. The van der Waals surface area contributed by atoms with Gasteiger partial charge in [-0.15, -0.1) is 0 Å². The lowest BCUT2D eigenvalue weighted by Gasteiger charge is -2.16. The van der Waals surface area contributed by atoms with Gasteiger partial charge in [-0.05, 0) is 36.4 Å². The van der Waals surface area contributed by atoms with Crippen molar-refractivity contribution in [2.75, 3.05) is 19.6 Å². The van der Waals surface area contributed by atoms with Crippen LogP contribution in [0.25, 0.3) is 22.3 Å². The molecule has 1 heterocycles. The van der Waals surface area contributed by atoms with Crippen LogP contribution in [0.1, 0.15) is 10.4 Å². The molecule has 0 fully saturated rings. The third kappa shape index (κ3) is 3.97. The number of fused-ring (bicyclic) bond motifs is 1. The summed E-state index contributed by atoms with van der Waals surface area (Å²) in [7, 11) is 2.97. The highest BCUT2D eigenvalue weighted by molar-refractivity contribution is 6.03. The van der Waals surface area contributed by atoms with E-state index in [2.05, 4.69) is 10.4 Å².